The number of amides is 3. The summed E-state index contributed by atoms with van der Waals surface area (Å²) in [6.45, 7) is 5.30. The van der Waals surface area contributed by atoms with E-state index in [4.69, 9.17) is 4.74 Å². The van der Waals surface area contributed by atoms with Gasteiger partial charge in [0.05, 0.1) is 6.42 Å². The van der Waals surface area contributed by atoms with Crippen LogP contribution in [0, 0.1) is 0 Å². The van der Waals surface area contributed by atoms with Crippen molar-refractivity contribution in [1.29, 1.82) is 0 Å². The Balaban J connectivity index is 2.62. The number of urea groups is 1. The Labute approximate surface area is 120 Å². The zero-order valence-corrected chi connectivity index (χ0v) is 13.0. The SMILES string of the molecule is CN1C(=O)N(CCC(=O)OC(C)(C)C)C(=O)C1=CBr. The van der Waals surface area contributed by atoms with Crippen LogP contribution in [0.5, 0.6) is 0 Å². The van der Waals surface area contributed by atoms with Crippen molar-refractivity contribution in [3.05, 3.63) is 10.7 Å². The Morgan fingerprint density at radius 1 is 1.37 bits per heavy atom. The summed E-state index contributed by atoms with van der Waals surface area (Å²) in [5.74, 6) is -0.861. The third-order valence-electron chi connectivity index (χ3n) is 2.41. The fourth-order valence-electron chi connectivity index (χ4n) is 1.57. The Morgan fingerprint density at radius 2 is 1.95 bits per heavy atom. The lowest BCUT2D eigenvalue weighted by Gasteiger charge is -2.20. The summed E-state index contributed by atoms with van der Waals surface area (Å²) in [7, 11) is 1.50. The highest BCUT2D eigenvalue weighted by Gasteiger charge is 2.38. The van der Waals surface area contributed by atoms with Crippen LogP contribution in [0.3, 0.4) is 0 Å². The lowest BCUT2D eigenvalue weighted by molar-refractivity contribution is -0.155. The first-order valence-electron chi connectivity index (χ1n) is 5.79. The van der Waals surface area contributed by atoms with Crippen LogP contribution in [-0.4, -0.2) is 46.9 Å². The molecule has 0 aromatic rings. The Kier molecular flexibility index (Phi) is 4.73. The molecule has 1 fully saturated rings. The van der Waals surface area contributed by atoms with Crippen molar-refractivity contribution in [3.8, 4) is 0 Å². The van der Waals surface area contributed by atoms with Crippen LogP contribution in [0.25, 0.3) is 0 Å². The number of hydrogen-bond acceptors (Lipinski definition) is 4. The van der Waals surface area contributed by atoms with E-state index >= 15 is 0 Å². The molecule has 1 rings (SSSR count). The van der Waals surface area contributed by atoms with Gasteiger partial charge in [-0.2, -0.15) is 0 Å². The van der Waals surface area contributed by atoms with Crippen LogP contribution < -0.4 is 0 Å². The third kappa shape index (κ3) is 3.79. The maximum Gasteiger partial charge on any atom is 0.331 e. The molecular weight excluding hydrogens is 316 g/mol. The topological polar surface area (TPSA) is 66.9 Å². The van der Waals surface area contributed by atoms with Crippen LogP contribution in [0.2, 0.25) is 0 Å². The van der Waals surface area contributed by atoms with Gasteiger partial charge in [0.1, 0.15) is 11.3 Å². The van der Waals surface area contributed by atoms with Crippen molar-refractivity contribution in [2.75, 3.05) is 13.6 Å². The van der Waals surface area contributed by atoms with E-state index in [0.717, 1.165) is 4.90 Å². The van der Waals surface area contributed by atoms with Gasteiger partial charge in [0.2, 0.25) is 0 Å². The minimum Gasteiger partial charge on any atom is -0.460 e. The molecule has 1 aliphatic rings. The number of hydrogen-bond donors (Lipinski definition) is 0. The van der Waals surface area contributed by atoms with Crippen LogP contribution >= 0.6 is 15.9 Å². The van der Waals surface area contributed by atoms with Gasteiger partial charge in [-0.15, -0.1) is 0 Å². The predicted octanol–water partition coefficient (Wildman–Crippen LogP) is 1.85. The standard InChI is InChI=1S/C12H17BrN2O4/c1-12(2,3)19-9(16)5-6-15-10(17)8(7-13)14(4)11(15)18/h7H,5-6H2,1-4H3. The van der Waals surface area contributed by atoms with E-state index in [1.54, 1.807) is 20.8 Å². The van der Waals surface area contributed by atoms with Crippen molar-refractivity contribution >= 4 is 33.8 Å². The molecule has 0 N–H and O–H groups in total. The van der Waals surface area contributed by atoms with Gasteiger partial charge in [0.25, 0.3) is 5.91 Å². The number of likely N-dealkylation sites (N-methyl/N-ethyl adjacent to an activating group) is 1. The normalized spacial score (nSPS) is 18.5. The zero-order chi connectivity index (χ0) is 14.8. The number of ether oxygens (including phenoxy) is 1. The number of rotatable bonds is 3. The van der Waals surface area contributed by atoms with Crippen LogP contribution in [0.1, 0.15) is 27.2 Å². The number of halogens is 1. The maximum atomic E-state index is 11.9. The van der Waals surface area contributed by atoms with Gasteiger partial charge in [-0.3, -0.25) is 19.4 Å². The molecule has 1 heterocycles. The van der Waals surface area contributed by atoms with E-state index in [-0.39, 0.29) is 18.7 Å². The van der Waals surface area contributed by atoms with Gasteiger partial charge >= 0.3 is 12.0 Å². The summed E-state index contributed by atoms with van der Waals surface area (Å²) in [6, 6.07) is -0.445. The van der Waals surface area contributed by atoms with Crippen LogP contribution in [0.4, 0.5) is 4.79 Å². The molecule has 0 unspecified atom stereocenters. The zero-order valence-electron chi connectivity index (χ0n) is 11.4. The van der Waals surface area contributed by atoms with Gasteiger partial charge in [-0.05, 0) is 20.8 Å². The highest BCUT2D eigenvalue weighted by atomic mass is 79.9. The van der Waals surface area contributed by atoms with Gasteiger partial charge in [0, 0.05) is 18.6 Å². The van der Waals surface area contributed by atoms with Gasteiger partial charge in [0.15, 0.2) is 0 Å². The second-order valence-electron chi connectivity index (χ2n) is 5.13. The first kappa shape index (κ1) is 15.7. The largest absolute Gasteiger partial charge is 0.460 e. The fourth-order valence-corrected chi connectivity index (χ4v) is 2.07. The number of imide groups is 1. The molecule has 1 saturated heterocycles. The molecule has 3 amide bonds. The van der Waals surface area contributed by atoms with Crippen molar-refractivity contribution in [2.24, 2.45) is 0 Å². The fraction of sp³-hybridized carbons (Fsp3) is 0.583. The highest BCUT2D eigenvalue weighted by molar-refractivity contribution is 9.11. The maximum absolute atomic E-state index is 11.9. The van der Waals surface area contributed by atoms with E-state index in [0.29, 0.717) is 0 Å². The minimum atomic E-state index is -0.576. The van der Waals surface area contributed by atoms with Crippen LogP contribution in [0.15, 0.2) is 10.7 Å². The molecule has 0 bridgehead atoms. The first-order chi connectivity index (χ1) is 8.67. The van der Waals surface area contributed by atoms with E-state index in [1.165, 1.54) is 16.9 Å². The quantitative estimate of drug-likeness (QED) is 0.449. The van der Waals surface area contributed by atoms with Crippen molar-refractivity contribution in [1.82, 2.24) is 9.80 Å². The highest BCUT2D eigenvalue weighted by Crippen LogP contribution is 2.20. The van der Waals surface area contributed by atoms with E-state index in [1.807, 2.05) is 0 Å². The number of carbonyl (C=O) groups excluding carboxylic acids is 3. The second-order valence-corrected chi connectivity index (χ2v) is 5.59. The molecule has 0 aromatic heterocycles. The van der Waals surface area contributed by atoms with Gasteiger partial charge < -0.3 is 4.74 Å². The summed E-state index contributed by atoms with van der Waals surface area (Å²) in [6.07, 6.45) is -0.0157. The Hall–Kier alpha value is -1.37. The number of nitrogens with zero attached hydrogens (tertiary/aromatic N) is 2. The smallest absolute Gasteiger partial charge is 0.331 e. The molecule has 0 aromatic carbocycles. The molecule has 0 atom stereocenters. The lowest BCUT2D eigenvalue weighted by atomic mass is 10.2. The van der Waals surface area contributed by atoms with Crippen molar-refractivity contribution in [3.63, 3.8) is 0 Å². The lowest BCUT2D eigenvalue weighted by Crippen LogP contribution is -2.34. The molecule has 19 heavy (non-hydrogen) atoms. The second kappa shape index (κ2) is 5.73. The van der Waals surface area contributed by atoms with E-state index in [2.05, 4.69) is 15.9 Å². The minimum absolute atomic E-state index is 0.0151. The Morgan fingerprint density at radius 3 is 2.37 bits per heavy atom. The van der Waals surface area contributed by atoms with E-state index in [9.17, 15) is 14.4 Å². The molecule has 106 valence electrons. The summed E-state index contributed by atoms with van der Waals surface area (Å²) < 4.78 is 5.12. The van der Waals surface area contributed by atoms with Gasteiger partial charge in [-0.1, -0.05) is 15.9 Å². The summed E-state index contributed by atoms with van der Waals surface area (Å²) in [5.41, 5.74) is -0.331. The van der Waals surface area contributed by atoms with Crippen LogP contribution in [-0.2, 0) is 14.3 Å². The molecular formula is C12H17BrN2O4. The van der Waals surface area contributed by atoms with Crippen molar-refractivity contribution in [2.45, 2.75) is 32.8 Å². The molecule has 0 saturated carbocycles. The van der Waals surface area contributed by atoms with Gasteiger partial charge in [-0.25, -0.2) is 4.79 Å². The molecule has 0 radical (unpaired) electrons. The summed E-state index contributed by atoms with van der Waals surface area (Å²) in [4.78, 5) is 38.9. The monoisotopic (exact) mass is 332 g/mol. The number of esters is 1. The molecule has 0 aliphatic carbocycles. The molecule has 7 heteroatoms. The summed E-state index contributed by atoms with van der Waals surface area (Å²) >= 11 is 3.04. The predicted molar refractivity (Wildman–Crippen MR) is 72.3 cm³/mol. The first-order valence-corrected chi connectivity index (χ1v) is 6.70. The average Bonchev–Trinajstić information content (AvgIpc) is 2.46. The molecule has 1 aliphatic heterocycles. The van der Waals surface area contributed by atoms with Crippen molar-refractivity contribution < 1.29 is 19.1 Å². The Bertz CT molecular complexity index is 440. The molecule has 0 spiro atoms. The number of carbonyl (C=O) groups is 3. The van der Waals surface area contributed by atoms with E-state index < -0.39 is 23.5 Å². The molecule has 6 nitrogen and oxygen atoms in total. The summed E-state index contributed by atoms with van der Waals surface area (Å²) in [5, 5.41) is 0. The average molecular weight is 333 g/mol. The third-order valence-corrected chi connectivity index (χ3v) is 2.84.